The van der Waals surface area contributed by atoms with E-state index in [0.29, 0.717) is 11.8 Å². The predicted octanol–water partition coefficient (Wildman–Crippen LogP) is 7.60. The van der Waals surface area contributed by atoms with E-state index in [4.69, 9.17) is 9.84 Å². The minimum atomic E-state index is -0.215. The average molecular weight is 631 g/mol. The fourth-order valence-corrected chi connectivity index (χ4v) is 7.31. The summed E-state index contributed by atoms with van der Waals surface area (Å²) in [6.07, 6.45) is 4.45. The van der Waals surface area contributed by atoms with Gasteiger partial charge in [-0.15, -0.1) is 0 Å². The van der Waals surface area contributed by atoms with E-state index in [1.54, 1.807) is 12.1 Å². The van der Waals surface area contributed by atoms with Crippen LogP contribution in [0.1, 0.15) is 114 Å². The monoisotopic (exact) mass is 630 g/mol. The van der Waals surface area contributed by atoms with Crippen LogP contribution in [0.4, 0.5) is 4.39 Å². The van der Waals surface area contributed by atoms with Crippen molar-refractivity contribution in [2.24, 2.45) is 5.92 Å². The second kappa shape index (κ2) is 14.4. The number of carbonyl (C=O) groups is 1. The number of esters is 1. The predicted molar refractivity (Wildman–Crippen MR) is 184 cm³/mol. The van der Waals surface area contributed by atoms with Crippen molar-refractivity contribution in [3.8, 4) is 0 Å². The summed E-state index contributed by atoms with van der Waals surface area (Å²) in [5, 5.41) is 8.24. The Bertz CT molecular complexity index is 1440. The van der Waals surface area contributed by atoms with Crippen LogP contribution < -0.4 is 5.32 Å². The lowest BCUT2D eigenvalue weighted by Crippen LogP contribution is -2.40. The van der Waals surface area contributed by atoms with Crippen LogP contribution in [-0.4, -0.2) is 58.5 Å². The molecule has 1 N–H and O–H groups in total. The number of aromatic nitrogens is 2. The second-order valence-corrected chi connectivity index (χ2v) is 15.7. The molecule has 1 saturated heterocycles. The fourth-order valence-electron chi connectivity index (χ4n) is 7.31. The highest BCUT2D eigenvalue weighted by Gasteiger charge is 2.39. The van der Waals surface area contributed by atoms with Gasteiger partial charge in [0.15, 0.2) is 0 Å². The summed E-state index contributed by atoms with van der Waals surface area (Å²) in [6, 6.07) is 18.3. The lowest BCUT2D eigenvalue weighted by atomic mass is 9.86. The van der Waals surface area contributed by atoms with Crippen LogP contribution in [0.15, 0.2) is 54.6 Å². The number of hydrogen-bond donors (Lipinski definition) is 1. The molecule has 2 aliphatic rings. The first kappa shape index (κ1) is 34.3. The Morgan fingerprint density at radius 3 is 2.35 bits per heavy atom. The van der Waals surface area contributed by atoms with Crippen molar-refractivity contribution in [1.82, 2.24) is 20.0 Å². The summed E-state index contributed by atoms with van der Waals surface area (Å²) in [5.41, 5.74) is 6.17. The van der Waals surface area contributed by atoms with Crippen LogP contribution in [0.25, 0.3) is 0 Å². The molecule has 7 heteroatoms. The molecule has 2 heterocycles. The summed E-state index contributed by atoms with van der Waals surface area (Å²) in [4.78, 5) is 15.2. The van der Waals surface area contributed by atoms with E-state index in [2.05, 4.69) is 72.9 Å². The highest BCUT2D eigenvalue weighted by Crippen LogP contribution is 2.42. The van der Waals surface area contributed by atoms with Gasteiger partial charge in [0.05, 0.1) is 12.2 Å². The summed E-state index contributed by atoms with van der Waals surface area (Å²) in [7, 11) is 0. The van der Waals surface area contributed by atoms with Gasteiger partial charge in [0.25, 0.3) is 0 Å². The summed E-state index contributed by atoms with van der Waals surface area (Å²) in [5.74, 6) is 0.550. The fraction of sp³-hybridized carbons (Fsp3) is 0.590. The first-order valence-electron chi connectivity index (χ1n) is 17.4. The Hall–Kier alpha value is -3.03. The number of nitrogens with zero attached hydrogens (tertiary/aromatic N) is 3. The second-order valence-electron chi connectivity index (χ2n) is 15.7. The zero-order chi connectivity index (χ0) is 33.1. The van der Waals surface area contributed by atoms with Gasteiger partial charge in [0.2, 0.25) is 0 Å². The molecule has 0 unspecified atom stereocenters. The van der Waals surface area contributed by atoms with Gasteiger partial charge in [-0.25, -0.2) is 4.39 Å². The van der Waals surface area contributed by atoms with Crippen molar-refractivity contribution < 1.29 is 13.9 Å². The number of benzene rings is 2. The molecular formula is C39H55FN4O2. The van der Waals surface area contributed by atoms with Crippen LogP contribution in [0.5, 0.6) is 0 Å². The maximum atomic E-state index is 14.3. The first-order chi connectivity index (χ1) is 21.8. The van der Waals surface area contributed by atoms with Gasteiger partial charge in [-0.3, -0.25) is 9.48 Å². The molecule has 1 aliphatic heterocycles. The van der Waals surface area contributed by atoms with Gasteiger partial charge in [-0.1, -0.05) is 57.2 Å². The molecule has 1 saturated carbocycles. The third-order valence-corrected chi connectivity index (χ3v) is 9.85. The molecule has 2 fully saturated rings. The largest absolute Gasteiger partial charge is 0.461 e. The van der Waals surface area contributed by atoms with E-state index in [0.717, 1.165) is 69.5 Å². The molecule has 46 heavy (non-hydrogen) atoms. The minimum absolute atomic E-state index is 0.146. The Labute approximate surface area is 276 Å². The third-order valence-electron chi connectivity index (χ3n) is 9.85. The van der Waals surface area contributed by atoms with Crippen molar-refractivity contribution in [2.45, 2.75) is 116 Å². The van der Waals surface area contributed by atoms with Gasteiger partial charge >= 0.3 is 5.97 Å². The number of aryl methyl sites for hydroxylation is 1. The number of halogens is 1. The van der Waals surface area contributed by atoms with Crippen LogP contribution in [0, 0.1) is 11.7 Å². The van der Waals surface area contributed by atoms with E-state index < -0.39 is 0 Å². The van der Waals surface area contributed by atoms with Gasteiger partial charge in [-0.05, 0) is 119 Å². The van der Waals surface area contributed by atoms with Crippen molar-refractivity contribution >= 4 is 5.97 Å². The molecule has 0 amide bonds. The molecule has 0 bridgehead atoms. The van der Waals surface area contributed by atoms with Gasteiger partial charge in [-0.2, -0.15) is 5.10 Å². The Morgan fingerprint density at radius 2 is 1.72 bits per heavy atom. The lowest BCUT2D eigenvalue weighted by molar-refractivity contribution is -0.148. The number of nitrogens with one attached hydrogen (secondary N) is 1. The van der Waals surface area contributed by atoms with E-state index in [9.17, 15) is 9.18 Å². The molecule has 6 nitrogen and oxygen atoms in total. The molecular weight excluding hydrogens is 575 g/mol. The summed E-state index contributed by atoms with van der Waals surface area (Å²) >= 11 is 0. The molecule has 1 aromatic heterocycles. The van der Waals surface area contributed by atoms with Gasteiger partial charge in [0.1, 0.15) is 11.9 Å². The zero-order valence-corrected chi connectivity index (χ0v) is 29.1. The van der Waals surface area contributed by atoms with Crippen LogP contribution in [-0.2, 0) is 27.9 Å². The number of likely N-dealkylation sites (tertiary alicyclic amines) is 1. The molecule has 3 aromatic rings. The van der Waals surface area contributed by atoms with Crippen molar-refractivity contribution in [1.29, 1.82) is 0 Å². The normalized spacial score (nSPS) is 21.5. The highest BCUT2D eigenvalue weighted by atomic mass is 19.1. The Balaban J connectivity index is 1.20. The standard InChI is InChI=1S/C39H55FN4O2/c1-8-44-36(23-33(42-44)20-27-12-14-31(15-13-27)38(2,3)4)28-16-18-43(19-17-28)26-30-22-34(46-37(45)25-41-39(5,6)7)24-35(30)29-10-9-11-32(40)21-29/h9-15,21,23,28,30,34-35,41H,8,16-20,22,24-26H2,1-7H3/t30-,34+,35-/m1/s1. The topological polar surface area (TPSA) is 59.4 Å². The zero-order valence-electron chi connectivity index (χ0n) is 29.1. The van der Waals surface area contributed by atoms with Crippen LogP contribution in [0.2, 0.25) is 0 Å². The highest BCUT2D eigenvalue weighted by molar-refractivity contribution is 5.72. The first-order valence-corrected chi connectivity index (χ1v) is 17.4. The maximum absolute atomic E-state index is 14.3. The Kier molecular flexibility index (Phi) is 10.7. The molecule has 0 spiro atoms. The van der Waals surface area contributed by atoms with Crippen molar-refractivity contribution in [3.63, 3.8) is 0 Å². The summed E-state index contributed by atoms with van der Waals surface area (Å²) < 4.78 is 22.4. The molecule has 250 valence electrons. The molecule has 2 aromatic carbocycles. The SMILES string of the molecule is CCn1nc(Cc2ccc(C(C)(C)C)cc2)cc1C1CCN(C[C@H]2C[C@H](OC(=O)CNC(C)(C)C)C[C@@H]2c2cccc(F)c2)CC1. The minimum Gasteiger partial charge on any atom is -0.461 e. The smallest absolute Gasteiger partial charge is 0.320 e. The third kappa shape index (κ3) is 9.07. The quantitative estimate of drug-likeness (QED) is 0.234. The average Bonchev–Trinajstić information content (AvgIpc) is 3.59. The van der Waals surface area contributed by atoms with Gasteiger partial charge in [0, 0.05) is 36.7 Å². The number of rotatable bonds is 10. The molecule has 3 atom stereocenters. The maximum Gasteiger partial charge on any atom is 0.320 e. The van der Waals surface area contributed by atoms with Crippen molar-refractivity contribution in [3.05, 3.63) is 88.5 Å². The number of piperidine rings is 1. The van der Waals surface area contributed by atoms with Crippen LogP contribution >= 0.6 is 0 Å². The number of carbonyl (C=O) groups excluding carboxylic acids is 1. The van der Waals surface area contributed by atoms with E-state index in [1.807, 2.05) is 26.8 Å². The Morgan fingerprint density at radius 1 is 1.00 bits per heavy atom. The van der Waals surface area contributed by atoms with E-state index in [1.165, 1.54) is 22.9 Å². The lowest BCUT2D eigenvalue weighted by Gasteiger charge is -2.35. The van der Waals surface area contributed by atoms with Crippen molar-refractivity contribution in [2.75, 3.05) is 26.2 Å². The number of ether oxygens (including phenoxy) is 1. The van der Waals surface area contributed by atoms with E-state index >= 15 is 0 Å². The molecule has 1 aliphatic carbocycles. The summed E-state index contributed by atoms with van der Waals surface area (Å²) in [6.45, 7) is 19.1. The van der Waals surface area contributed by atoms with E-state index in [-0.39, 0.29) is 41.3 Å². The molecule has 5 rings (SSSR count). The molecule has 0 radical (unpaired) electrons. The number of hydrogen-bond acceptors (Lipinski definition) is 5. The van der Waals surface area contributed by atoms with Crippen LogP contribution in [0.3, 0.4) is 0 Å². The van der Waals surface area contributed by atoms with Gasteiger partial charge < -0.3 is 15.0 Å².